The van der Waals surface area contributed by atoms with Gasteiger partial charge in [-0.3, -0.25) is 27.5 Å². The van der Waals surface area contributed by atoms with Crippen molar-refractivity contribution >= 4 is 35.9 Å². The maximum absolute atomic E-state index is 13.6. The van der Waals surface area contributed by atoms with E-state index in [2.05, 4.69) is 78.5 Å². The third-order valence-corrected chi connectivity index (χ3v) is 27.1. The minimum atomic E-state index is -3.93. The van der Waals surface area contributed by atoms with Crippen LogP contribution in [0.5, 0.6) is 46.0 Å². The number of hydrogen-bond donors (Lipinski definition) is 4. The highest BCUT2D eigenvalue weighted by Crippen LogP contribution is 2.56. The summed E-state index contributed by atoms with van der Waals surface area (Å²) in [5.41, 5.74) is 24.6. The number of ether oxygens (including phenoxy) is 6. The molecule has 11 aromatic rings. The van der Waals surface area contributed by atoms with Crippen LogP contribution >= 0.6 is 29.9 Å². The van der Waals surface area contributed by atoms with E-state index in [1.165, 1.54) is 30.0 Å². The lowest BCUT2D eigenvalue weighted by Gasteiger charge is -2.30. The fraction of sp³-hybridized carbons (Fsp3) is 0.373. The Labute approximate surface area is 800 Å². The van der Waals surface area contributed by atoms with Gasteiger partial charge in [-0.1, -0.05) is 201 Å². The van der Waals surface area contributed by atoms with Gasteiger partial charge in [-0.05, 0) is 335 Å². The molecule has 25 heteroatoms. The monoisotopic (exact) mass is 1920 g/mol. The normalized spacial score (nSPS) is 15.0. The molecule has 0 saturated carbocycles. The molecule has 21 nitrogen and oxygen atoms in total. The van der Waals surface area contributed by atoms with Crippen molar-refractivity contribution in [1.29, 1.82) is 0 Å². The number of aryl methyl sites for hydroxylation is 9. The van der Waals surface area contributed by atoms with E-state index >= 15 is 0 Å². The molecule has 0 aromatic heterocycles. The molecule has 11 aromatic carbocycles. The second-order valence-corrected chi connectivity index (χ2v) is 46.2. The van der Waals surface area contributed by atoms with E-state index in [1.807, 2.05) is 221 Å². The highest BCUT2D eigenvalue weighted by Gasteiger charge is 2.36. The van der Waals surface area contributed by atoms with E-state index in [9.17, 15) is 53.3 Å². The highest BCUT2D eigenvalue weighted by molar-refractivity contribution is 7.55. The molecule has 0 spiro atoms. The first-order chi connectivity index (χ1) is 62.9. The molecule has 4 unspecified atom stereocenters. The molecule has 0 radical (unpaired) electrons. The lowest BCUT2D eigenvalue weighted by molar-refractivity contribution is -0.177. The summed E-state index contributed by atoms with van der Waals surface area (Å²) in [7, 11) is -14.2. The van der Waals surface area contributed by atoms with Gasteiger partial charge >= 0.3 is 21.2 Å². The summed E-state index contributed by atoms with van der Waals surface area (Å²) >= 11 is 0. The molecule has 12 rings (SSSR count). The molecule has 1 aliphatic heterocycles. The Morgan fingerprint density at radius 3 is 1.13 bits per heavy atom. The standard InChI is InChI=1S/C36H47O8P.C29H35O5P.C24H27O4P.C20H27O4P.CH4/c1-25-17-31(18-26(2)32(25)21-29-15-16-33(37)30(20-29)19-28-13-11-10-12-14-28)42-24-45(39,43-22-40-27(3)35(4,5)6)44-23-41-34(38)36(7,8)9;1-19(2)26-16-23(9-10-28(26)30)17-27-21(4)14-25(15-22(27)5)32-18-35(31)33-12-11-29(34-35)24-8-6-7-20(3)13-24;1-17-11-22(28-16-29(3,26)27)12-18(2)23(17)15-20-9-10-24(25)21(14-20)13-19-7-5-4-6-8-19;1-13(2)18-10-16(6-7-20(18)21)11-19-14(3)8-17(9-15(19)4)24-12-25(5,22)23;/h10-18,20,37H,3,19,21-24H2,1-2,4-9H3;6-10,13-16,19,29-30H,11-12,17-18H2,1-5H3;4-12,14,25H,13,15-16H2,1-3H3,(H,26,27);6-10,13,21H,11-12H2,1-5H3,(H,22,23);1H4/p-2/t;29-,35?;;;/m.0.../s1. The number of esters is 1. The average Bonchev–Trinajstić information content (AvgIpc) is 0.803. The van der Waals surface area contributed by atoms with Crippen molar-refractivity contribution < 1.29 is 99.8 Å². The first kappa shape index (κ1) is 110. The summed E-state index contributed by atoms with van der Waals surface area (Å²) in [5.74, 6) is 3.99. The van der Waals surface area contributed by atoms with Crippen LogP contribution in [0.1, 0.15) is 235 Å². The molecule has 1 fully saturated rings. The van der Waals surface area contributed by atoms with Crippen LogP contribution in [-0.2, 0) is 89.1 Å². The van der Waals surface area contributed by atoms with Crippen LogP contribution in [-0.4, -0.2) is 85.3 Å². The summed E-state index contributed by atoms with van der Waals surface area (Å²) in [5, 5.41) is 40.9. The van der Waals surface area contributed by atoms with Crippen LogP contribution < -0.4 is 28.7 Å². The van der Waals surface area contributed by atoms with Crippen molar-refractivity contribution in [3.8, 4) is 46.0 Å². The minimum Gasteiger partial charge on any atom is -0.797 e. The third-order valence-electron chi connectivity index (χ3n) is 22.8. The van der Waals surface area contributed by atoms with E-state index in [1.54, 1.807) is 45.0 Å². The topological polar surface area (TPSA) is 305 Å². The van der Waals surface area contributed by atoms with Gasteiger partial charge in [0, 0.05) is 39.4 Å². The number of aromatic hydroxyl groups is 4. The molecule has 4 N–H and O–H groups in total. The number of phenols is 4. The molecule has 0 aliphatic carbocycles. The second-order valence-electron chi connectivity index (χ2n) is 37.7. The van der Waals surface area contributed by atoms with Gasteiger partial charge in [0.1, 0.15) is 58.7 Å². The van der Waals surface area contributed by atoms with E-state index in [0.29, 0.717) is 78.3 Å². The first-order valence-corrected chi connectivity index (χ1v) is 53.0. The van der Waals surface area contributed by atoms with Crippen molar-refractivity contribution in [2.24, 2.45) is 10.8 Å². The van der Waals surface area contributed by atoms with Crippen molar-refractivity contribution in [1.82, 2.24) is 0 Å². The molecule has 0 amide bonds. The quantitative estimate of drug-likeness (QED) is 0.0126. The molecule has 1 heterocycles. The molecule has 0 bridgehead atoms. The molecular formula is C110H138O21P4-2. The van der Waals surface area contributed by atoms with Crippen molar-refractivity contribution in [3.05, 3.63) is 352 Å². The van der Waals surface area contributed by atoms with E-state index < -0.39 is 54.5 Å². The average molecular weight is 1920 g/mol. The largest absolute Gasteiger partial charge is 0.797 e. The number of rotatable bonds is 34. The summed E-state index contributed by atoms with van der Waals surface area (Å²) in [6.45, 7) is 43.0. The fourth-order valence-corrected chi connectivity index (χ4v) is 18.4. The van der Waals surface area contributed by atoms with Gasteiger partial charge in [0.25, 0.3) is 0 Å². The number of hydrogen-bond acceptors (Lipinski definition) is 21. The highest BCUT2D eigenvalue weighted by atomic mass is 31.2. The van der Waals surface area contributed by atoms with Gasteiger partial charge in [-0.25, -0.2) is 0 Å². The molecule has 135 heavy (non-hydrogen) atoms. The predicted octanol–water partition coefficient (Wildman–Crippen LogP) is 26.3. The number of allylic oxidation sites excluding steroid dienone is 1. The molecular weight excluding hydrogens is 1780 g/mol. The van der Waals surface area contributed by atoms with Gasteiger partial charge in [-0.15, -0.1) is 0 Å². The van der Waals surface area contributed by atoms with Gasteiger partial charge in [0.15, 0.2) is 19.5 Å². The van der Waals surface area contributed by atoms with Crippen LogP contribution in [0.2, 0.25) is 0 Å². The lowest BCUT2D eigenvalue weighted by Crippen LogP contribution is -2.24. The number of carbonyl (C=O) groups is 1. The number of phenolic OH excluding ortho intramolecular Hbond substituents is 4. The Kier molecular flexibility index (Phi) is 39.9. The van der Waals surface area contributed by atoms with Gasteiger partial charge < -0.3 is 72.3 Å². The zero-order chi connectivity index (χ0) is 98.4. The first-order valence-electron chi connectivity index (χ1n) is 45.0. The van der Waals surface area contributed by atoms with Crippen LogP contribution in [0.4, 0.5) is 0 Å². The molecule has 1 aliphatic rings. The molecule has 5 atom stereocenters. The van der Waals surface area contributed by atoms with E-state index in [4.69, 9.17) is 46.5 Å². The second kappa shape index (κ2) is 49.0. The Balaban J connectivity index is 0.000000226. The van der Waals surface area contributed by atoms with Crippen LogP contribution in [0.3, 0.4) is 0 Å². The zero-order valence-corrected chi connectivity index (χ0v) is 85.1. The van der Waals surface area contributed by atoms with Gasteiger partial charge in [0.05, 0.1) is 23.9 Å². The third kappa shape index (κ3) is 34.6. The Hall–Kier alpha value is -10.5. The summed E-state index contributed by atoms with van der Waals surface area (Å²) in [6.07, 6.45) is 3.50. The maximum atomic E-state index is 13.6. The number of benzene rings is 11. The van der Waals surface area contributed by atoms with Crippen LogP contribution in [0.15, 0.2) is 219 Å². The van der Waals surface area contributed by atoms with Gasteiger partial charge in [0.2, 0.25) is 6.79 Å². The SMILES string of the molecule is C.C=C(OCOP(=O)(COc1cc(C)c(Cc2ccc(O)c(Cc3ccccc3)c2)c(C)c1)OCOC(=O)C(C)(C)C)C(C)(C)C.Cc1cc(OCP(C)(=O)[O-])cc(C)c1Cc1ccc(O)c(C(C)C)c1.Cc1cc(OCP(C)(=O)[O-])cc(C)c1Cc1ccc(O)c(Cc2ccccc2)c1.Cc1cccc([C@@H]2CCOP(=O)(COc3cc(C)c(Cc4ccc(O)c(C(C)C)c4)c(C)c3)O2)c1. The summed E-state index contributed by atoms with van der Waals surface area (Å²) < 4.78 is 105. The lowest BCUT2D eigenvalue weighted by atomic mass is 9.93. The van der Waals surface area contributed by atoms with Crippen LogP contribution in [0.25, 0.3) is 0 Å². The Bertz CT molecular complexity index is 5930. The van der Waals surface area contributed by atoms with Crippen molar-refractivity contribution in [3.63, 3.8) is 0 Å². The van der Waals surface area contributed by atoms with Crippen molar-refractivity contribution in [2.45, 2.75) is 202 Å². The molecule has 1 saturated heterocycles. The summed E-state index contributed by atoms with van der Waals surface area (Å²) in [4.78, 5) is 34.8. The smallest absolute Gasteiger partial charge is 0.373 e. The van der Waals surface area contributed by atoms with Gasteiger partial charge in [-0.2, -0.15) is 0 Å². The Morgan fingerprint density at radius 2 is 0.785 bits per heavy atom. The van der Waals surface area contributed by atoms with Crippen LogP contribution in [0, 0.1) is 73.1 Å². The predicted molar refractivity (Wildman–Crippen MR) is 538 cm³/mol. The summed E-state index contributed by atoms with van der Waals surface area (Å²) in [6, 6.07) is 66.4. The van der Waals surface area contributed by atoms with E-state index in [-0.39, 0.29) is 62.4 Å². The maximum Gasteiger partial charge on any atom is 0.373 e. The molecule has 726 valence electrons. The van der Waals surface area contributed by atoms with E-state index in [0.717, 1.165) is 136 Å². The fourth-order valence-electron chi connectivity index (χ4n) is 15.2. The number of carbonyl (C=O) groups excluding carboxylic acids is 1. The Morgan fingerprint density at radius 1 is 0.437 bits per heavy atom. The zero-order valence-electron chi connectivity index (χ0n) is 81.5. The minimum absolute atomic E-state index is 0. The van der Waals surface area contributed by atoms with Crippen molar-refractivity contribution in [2.75, 3.05) is 58.9 Å².